The van der Waals surface area contributed by atoms with Gasteiger partial charge in [0.25, 0.3) is 0 Å². The second-order valence-corrected chi connectivity index (χ2v) is 5.25. The van der Waals surface area contributed by atoms with E-state index in [4.69, 9.17) is 0 Å². The molecule has 17 heavy (non-hydrogen) atoms. The maximum Gasteiger partial charge on any atom is 0.350 e. The van der Waals surface area contributed by atoms with Gasteiger partial charge in [-0.3, -0.25) is 4.40 Å². The molecule has 0 aliphatic carbocycles. The second kappa shape index (κ2) is 4.10. The lowest BCUT2D eigenvalue weighted by Gasteiger charge is -1.99. The fourth-order valence-corrected chi connectivity index (χ4v) is 2.65. The molecule has 2 heterocycles. The Morgan fingerprint density at radius 2 is 2.18 bits per heavy atom. The molecule has 0 spiro atoms. The van der Waals surface area contributed by atoms with E-state index in [9.17, 15) is 12.3 Å². The summed E-state index contributed by atoms with van der Waals surface area (Å²) in [7, 11) is -4.75. The molecular weight excluding hydrogens is 243 g/mol. The van der Waals surface area contributed by atoms with Gasteiger partial charge in [0.15, 0.2) is 5.03 Å². The first kappa shape index (κ1) is 12.0. The summed E-state index contributed by atoms with van der Waals surface area (Å²) in [5.41, 5.74) is 1.71. The molecule has 0 aliphatic rings. The summed E-state index contributed by atoms with van der Waals surface area (Å²) in [6, 6.07) is 3.45. The third kappa shape index (κ3) is 2.17. The molecule has 0 fully saturated rings. The highest BCUT2D eigenvalue weighted by atomic mass is 32.3. The number of fused-ring (bicyclic) bond motifs is 1. The molecule has 0 N–H and O–H groups in total. The number of halogens is 1. The number of rotatable bonds is 3. The standard InChI is InChI=1S/C11H13FN2O2S/c1-3-4-9-11(17(12,15)16)14-6-5-8(2)7-10(14)13-9/h5-7H,3-4H2,1-2H3. The Kier molecular flexibility index (Phi) is 2.91. The van der Waals surface area contributed by atoms with Gasteiger partial charge in [0.2, 0.25) is 0 Å². The van der Waals surface area contributed by atoms with Crippen LogP contribution in [0.5, 0.6) is 0 Å². The molecule has 0 bridgehead atoms. The summed E-state index contributed by atoms with van der Waals surface area (Å²) in [5, 5.41) is -0.339. The van der Waals surface area contributed by atoms with Crippen LogP contribution in [0.3, 0.4) is 0 Å². The topological polar surface area (TPSA) is 51.4 Å². The maximum atomic E-state index is 13.3. The van der Waals surface area contributed by atoms with Crippen molar-refractivity contribution in [3.05, 3.63) is 29.6 Å². The Morgan fingerprint density at radius 3 is 2.76 bits per heavy atom. The monoisotopic (exact) mass is 256 g/mol. The summed E-state index contributed by atoms with van der Waals surface area (Å²) in [5.74, 6) is 0. The Bertz CT molecular complexity index is 661. The lowest BCUT2D eigenvalue weighted by Crippen LogP contribution is -2.01. The number of aromatic nitrogens is 2. The first-order valence-corrected chi connectivity index (χ1v) is 6.74. The zero-order valence-electron chi connectivity index (χ0n) is 9.64. The average molecular weight is 256 g/mol. The molecule has 0 saturated carbocycles. The van der Waals surface area contributed by atoms with Gasteiger partial charge >= 0.3 is 10.2 Å². The van der Waals surface area contributed by atoms with E-state index in [0.29, 0.717) is 24.2 Å². The van der Waals surface area contributed by atoms with Crippen LogP contribution in [-0.4, -0.2) is 17.8 Å². The van der Waals surface area contributed by atoms with Crippen molar-refractivity contribution in [3.8, 4) is 0 Å². The molecule has 4 nitrogen and oxygen atoms in total. The van der Waals surface area contributed by atoms with E-state index in [0.717, 1.165) is 5.56 Å². The molecule has 0 aromatic carbocycles. The van der Waals surface area contributed by atoms with Gasteiger partial charge < -0.3 is 0 Å². The van der Waals surface area contributed by atoms with E-state index in [1.54, 1.807) is 12.1 Å². The summed E-state index contributed by atoms with van der Waals surface area (Å²) < 4.78 is 36.9. The van der Waals surface area contributed by atoms with Crippen LogP contribution in [0.25, 0.3) is 5.65 Å². The summed E-state index contributed by atoms with van der Waals surface area (Å²) >= 11 is 0. The van der Waals surface area contributed by atoms with E-state index in [2.05, 4.69) is 4.98 Å². The molecule has 0 amide bonds. The summed E-state index contributed by atoms with van der Waals surface area (Å²) in [4.78, 5) is 4.17. The largest absolute Gasteiger partial charge is 0.350 e. The molecule has 6 heteroatoms. The van der Waals surface area contributed by atoms with E-state index in [-0.39, 0.29) is 5.03 Å². The maximum absolute atomic E-state index is 13.3. The predicted molar refractivity (Wildman–Crippen MR) is 62.2 cm³/mol. The second-order valence-electron chi connectivity index (χ2n) is 3.98. The zero-order valence-corrected chi connectivity index (χ0v) is 10.5. The van der Waals surface area contributed by atoms with Gasteiger partial charge in [0.1, 0.15) is 5.65 Å². The van der Waals surface area contributed by atoms with Gasteiger partial charge in [0.05, 0.1) is 5.69 Å². The van der Waals surface area contributed by atoms with Crippen LogP contribution in [0.2, 0.25) is 0 Å². The van der Waals surface area contributed by atoms with Crippen LogP contribution in [-0.2, 0) is 16.6 Å². The molecule has 0 saturated heterocycles. The molecule has 0 aliphatic heterocycles. The van der Waals surface area contributed by atoms with Crippen LogP contribution in [0.15, 0.2) is 23.4 Å². The van der Waals surface area contributed by atoms with Crippen molar-refractivity contribution in [1.29, 1.82) is 0 Å². The van der Waals surface area contributed by atoms with Crippen molar-refractivity contribution >= 4 is 15.9 Å². The van der Waals surface area contributed by atoms with Gasteiger partial charge in [-0.25, -0.2) is 4.98 Å². The van der Waals surface area contributed by atoms with E-state index >= 15 is 0 Å². The Labute approximate surface area is 99.3 Å². The van der Waals surface area contributed by atoms with Crippen molar-refractivity contribution < 1.29 is 12.3 Å². The van der Waals surface area contributed by atoms with Crippen molar-refractivity contribution in [2.45, 2.75) is 31.7 Å². The van der Waals surface area contributed by atoms with Crippen molar-refractivity contribution in [2.24, 2.45) is 0 Å². The highest BCUT2D eigenvalue weighted by Crippen LogP contribution is 2.22. The van der Waals surface area contributed by atoms with Crippen LogP contribution in [0.4, 0.5) is 3.89 Å². The lowest BCUT2D eigenvalue weighted by atomic mass is 10.3. The van der Waals surface area contributed by atoms with Crippen LogP contribution in [0, 0.1) is 6.92 Å². The van der Waals surface area contributed by atoms with Crippen molar-refractivity contribution in [3.63, 3.8) is 0 Å². The van der Waals surface area contributed by atoms with Crippen LogP contribution < -0.4 is 0 Å². The SMILES string of the molecule is CCCc1nc2cc(C)ccn2c1S(=O)(=O)F. The molecule has 2 aromatic rings. The van der Waals surface area contributed by atoms with Crippen LogP contribution >= 0.6 is 0 Å². The Hall–Kier alpha value is -1.43. The number of hydrogen-bond acceptors (Lipinski definition) is 3. The van der Waals surface area contributed by atoms with E-state index in [1.165, 1.54) is 10.6 Å². The minimum Gasteiger partial charge on any atom is -0.288 e. The fourth-order valence-electron chi connectivity index (χ4n) is 1.83. The fraction of sp³-hybridized carbons (Fsp3) is 0.364. The molecule has 0 radical (unpaired) electrons. The molecule has 2 rings (SSSR count). The lowest BCUT2D eigenvalue weighted by molar-refractivity contribution is 0.544. The van der Waals surface area contributed by atoms with Crippen LogP contribution in [0.1, 0.15) is 24.6 Å². The third-order valence-electron chi connectivity index (χ3n) is 2.52. The minimum absolute atomic E-state index is 0.292. The van der Waals surface area contributed by atoms with Gasteiger partial charge in [-0.1, -0.05) is 17.2 Å². The Balaban J connectivity index is 2.81. The van der Waals surface area contributed by atoms with Crippen molar-refractivity contribution in [2.75, 3.05) is 0 Å². The molecular formula is C11H13FN2O2S. The Morgan fingerprint density at radius 1 is 1.47 bits per heavy atom. The van der Waals surface area contributed by atoms with E-state index < -0.39 is 10.2 Å². The first-order valence-electron chi connectivity index (χ1n) is 5.35. The smallest absolute Gasteiger partial charge is 0.288 e. The quantitative estimate of drug-likeness (QED) is 0.791. The first-order chi connectivity index (χ1) is 7.93. The molecule has 0 unspecified atom stereocenters. The normalized spacial score (nSPS) is 12.2. The average Bonchev–Trinajstić information content (AvgIpc) is 2.54. The number of hydrogen-bond donors (Lipinski definition) is 0. The van der Waals surface area contributed by atoms with Gasteiger partial charge in [0, 0.05) is 6.20 Å². The molecule has 92 valence electrons. The predicted octanol–water partition coefficient (Wildman–Crippen LogP) is 2.25. The number of aryl methyl sites for hydroxylation is 2. The highest BCUT2D eigenvalue weighted by Gasteiger charge is 2.23. The number of nitrogens with zero attached hydrogens (tertiary/aromatic N) is 2. The number of pyridine rings is 1. The highest BCUT2D eigenvalue weighted by molar-refractivity contribution is 7.86. The van der Waals surface area contributed by atoms with Gasteiger partial charge in [-0.05, 0) is 31.0 Å². The summed E-state index contributed by atoms with van der Waals surface area (Å²) in [6.07, 6.45) is 2.69. The van der Waals surface area contributed by atoms with Crippen molar-refractivity contribution in [1.82, 2.24) is 9.38 Å². The van der Waals surface area contributed by atoms with E-state index in [1.807, 2.05) is 13.8 Å². The zero-order chi connectivity index (χ0) is 12.6. The van der Waals surface area contributed by atoms with Gasteiger partial charge in [-0.15, -0.1) is 0 Å². The third-order valence-corrected chi connectivity index (χ3v) is 3.42. The molecule has 0 atom stereocenters. The number of imidazole rings is 1. The van der Waals surface area contributed by atoms with Gasteiger partial charge in [-0.2, -0.15) is 8.42 Å². The summed E-state index contributed by atoms with van der Waals surface area (Å²) in [6.45, 7) is 3.77. The minimum atomic E-state index is -4.75. The molecule has 2 aromatic heterocycles.